The van der Waals surface area contributed by atoms with Gasteiger partial charge in [-0.3, -0.25) is 4.79 Å². The number of ether oxygens (including phenoxy) is 1. The number of rotatable bonds is 8. The largest absolute Gasteiger partial charge is 0.452 e. The van der Waals surface area contributed by atoms with Gasteiger partial charge in [0.1, 0.15) is 0 Å². The van der Waals surface area contributed by atoms with Gasteiger partial charge in [0.05, 0.1) is 0 Å². The van der Waals surface area contributed by atoms with Crippen LogP contribution in [0, 0.1) is 0 Å². The number of carbonyl (C=O) groups is 2. The summed E-state index contributed by atoms with van der Waals surface area (Å²) in [7, 11) is 0. The second kappa shape index (κ2) is 9.67. The van der Waals surface area contributed by atoms with E-state index in [0.717, 1.165) is 24.1 Å². The molecule has 24 heavy (non-hydrogen) atoms. The Morgan fingerprint density at radius 1 is 1.21 bits per heavy atom. The number of esters is 1. The van der Waals surface area contributed by atoms with Crippen molar-refractivity contribution in [2.24, 2.45) is 0 Å². The Bertz CT molecular complexity index is 675. The van der Waals surface area contributed by atoms with E-state index in [1.165, 1.54) is 23.0 Å². The van der Waals surface area contributed by atoms with Crippen molar-refractivity contribution in [3.63, 3.8) is 0 Å². The van der Waals surface area contributed by atoms with E-state index in [4.69, 9.17) is 4.74 Å². The Kier molecular flexibility index (Phi) is 7.23. The quantitative estimate of drug-likeness (QED) is 0.575. The fourth-order valence-electron chi connectivity index (χ4n) is 2.05. The highest BCUT2D eigenvalue weighted by Crippen LogP contribution is 2.12. The topological polar surface area (TPSA) is 55.4 Å². The molecule has 0 bridgehead atoms. The maximum absolute atomic E-state index is 11.8. The number of benzene rings is 1. The first kappa shape index (κ1) is 17.9. The zero-order valence-corrected chi connectivity index (χ0v) is 14.5. The van der Waals surface area contributed by atoms with E-state index in [2.05, 4.69) is 12.2 Å². The van der Waals surface area contributed by atoms with Gasteiger partial charge in [0, 0.05) is 16.6 Å². The van der Waals surface area contributed by atoms with Crippen LogP contribution in [0.5, 0.6) is 0 Å². The Morgan fingerprint density at radius 2 is 2.00 bits per heavy atom. The van der Waals surface area contributed by atoms with Gasteiger partial charge in [-0.25, -0.2) is 4.79 Å². The number of anilines is 1. The van der Waals surface area contributed by atoms with E-state index in [1.807, 2.05) is 41.8 Å². The Balaban J connectivity index is 1.73. The third-order valence-electron chi connectivity index (χ3n) is 3.33. The van der Waals surface area contributed by atoms with Gasteiger partial charge < -0.3 is 10.1 Å². The van der Waals surface area contributed by atoms with E-state index < -0.39 is 5.97 Å². The molecule has 0 fully saturated rings. The summed E-state index contributed by atoms with van der Waals surface area (Å²) in [5.41, 5.74) is 1.95. The molecule has 2 rings (SSSR count). The number of carbonyl (C=O) groups excluding carboxylic acids is 2. The van der Waals surface area contributed by atoms with E-state index in [-0.39, 0.29) is 12.5 Å². The number of unbranched alkanes of at least 4 members (excludes halogenated alkanes) is 1. The molecule has 1 heterocycles. The first-order chi connectivity index (χ1) is 11.7. The first-order valence-corrected chi connectivity index (χ1v) is 8.82. The zero-order chi connectivity index (χ0) is 17.2. The minimum atomic E-state index is -0.534. The molecule has 0 radical (unpaired) electrons. The highest BCUT2D eigenvalue weighted by Gasteiger charge is 2.06. The molecule has 4 nitrogen and oxygen atoms in total. The number of thiophene rings is 1. The first-order valence-electron chi connectivity index (χ1n) is 7.94. The molecule has 0 aliphatic rings. The van der Waals surface area contributed by atoms with Gasteiger partial charge >= 0.3 is 5.97 Å². The van der Waals surface area contributed by atoms with Crippen LogP contribution < -0.4 is 5.32 Å². The van der Waals surface area contributed by atoms with Crippen molar-refractivity contribution in [1.29, 1.82) is 0 Å². The molecular weight excluding hydrogens is 322 g/mol. The summed E-state index contributed by atoms with van der Waals surface area (Å²) < 4.78 is 4.92. The highest BCUT2D eigenvalue weighted by atomic mass is 32.1. The molecule has 0 aliphatic heterocycles. The fraction of sp³-hybridized carbons (Fsp3) is 0.263. The van der Waals surface area contributed by atoms with Crippen LogP contribution in [-0.4, -0.2) is 18.5 Å². The van der Waals surface area contributed by atoms with E-state index in [1.54, 1.807) is 6.08 Å². The molecule has 1 amide bonds. The molecule has 0 spiro atoms. The van der Waals surface area contributed by atoms with Crippen molar-refractivity contribution < 1.29 is 14.3 Å². The number of hydrogen-bond donors (Lipinski definition) is 1. The van der Waals surface area contributed by atoms with Gasteiger partial charge in [-0.15, -0.1) is 11.3 Å². The highest BCUT2D eigenvalue weighted by molar-refractivity contribution is 7.10. The van der Waals surface area contributed by atoms with Gasteiger partial charge in [0.15, 0.2) is 6.61 Å². The molecule has 126 valence electrons. The van der Waals surface area contributed by atoms with E-state index in [0.29, 0.717) is 5.69 Å². The van der Waals surface area contributed by atoms with Crippen LogP contribution in [0.2, 0.25) is 0 Å². The summed E-state index contributed by atoms with van der Waals surface area (Å²) in [5, 5.41) is 4.63. The van der Waals surface area contributed by atoms with Crippen molar-refractivity contribution in [3.05, 3.63) is 58.3 Å². The minimum Gasteiger partial charge on any atom is -0.452 e. The molecule has 1 aromatic heterocycles. The second-order valence-corrected chi connectivity index (χ2v) is 6.28. The van der Waals surface area contributed by atoms with E-state index >= 15 is 0 Å². The summed E-state index contributed by atoms with van der Waals surface area (Å²) in [4.78, 5) is 24.3. The third-order valence-corrected chi connectivity index (χ3v) is 4.17. The molecule has 2 aromatic rings. The molecule has 5 heteroatoms. The van der Waals surface area contributed by atoms with Crippen molar-refractivity contribution in [2.45, 2.75) is 26.2 Å². The Morgan fingerprint density at radius 3 is 2.67 bits per heavy atom. The fourth-order valence-corrected chi connectivity index (χ4v) is 2.67. The molecule has 0 aliphatic carbocycles. The molecule has 0 saturated carbocycles. The van der Waals surface area contributed by atoms with Gasteiger partial charge in [-0.1, -0.05) is 31.5 Å². The lowest BCUT2D eigenvalue weighted by molar-refractivity contribution is -0.142. The maximum atomic E-state index is 11.8. The van der Waals surface area contributed by atoms with Crippen molar-refractivity contribution >= 4 is 35.0 Å². The molecule has 0 saturated heterocycles. The van der Waals surface area contributed by atoms with Crippen molar-refractivity contribution in [2.75, 3.05) is 11.9 Å². The average molecular weight is 343 g/mol. The molecular formula is C19H21NO3S. The lowest BCUT2D eigenvalue weighted by atomic mass is 10.1. The van der Waals surface area contributed by atoms with Crippen molar-refractivity contribution in [1.82, 2.24) is 0 Å². The second-order valence-electron chi connectivity index (χ2n) is 5.31. The number of aryl methyl sites for hydroxylation is 1. The lowest BCUT2D eigenvalue weighted by Gasteiger charge is -2.06. The van der Waals surface area contributed by atoms with Crippen LogP contribution in [0.4, 0.5) is 5.69 Å². The van der Waals surface area contributed by atoms with E-state index in [9.17, 15) is 9.59 Å². The monoisotopic (exact) mass is 343 g/mol. The SMILES string of the molecule is CCCCc1ccc(NC(=O)COC(=O)/C=C/c2cccs2)cc1. The zero-order valence-electron chi connectivity index (χ0n) is 13.7. The average Bonchev–Trinajstić information content (AvgIpc) is 3.11. The summed E-state index contributed by atoms with van der Waals surface area (Å²) in [6.07, 6.45) is 6.34. The third kappa shape index (κ3) is 6.38. The maximum Gasteiger partial charge on any atom is 0.331 e. The summed E-state index contributed by atoms with van der Waals surface area (Å²) in [6.45, 7) is 1.86. The summed E-state index contributed by atoms with van der Waals surface area (Å²) in [6, 6.07) is 11.5. The predicted molar refractivity (Wildman–Crippen MR) is 98.0 cm³/mol. The number of nitrogens with one attached hydrogen (secondary N) is 1. The smallest absolute Gasteiger partial charge is 0.331 e. The minimum absolute atomic E-state index is 0.300. The number of hydrogen-bond acceptors (Lipinski definition) is 4. The van der Waals surface area contributed by atoms with Crippen molar-refractivity contribution in [3.8, 4) is 0 Å². The molecule has 0 atom stereocenters. The van der Waals surface area contributed by atoms with Crippen LogP contribution in [-0.2, 0) is 20.7 Å². The normalized spacial score (nSPS) is 10.7. The van der Waals surface area contributed by atoms with Gasteiger partial charge in [-0.05, 0) is 48.1 Å². The summed E-state index contributed by atoms with van der Waals surface area (Å²) in [5.74, 6) is -0.886. The molecule has 1 aromatic carbocycles. The summed E-state index contributed by atoms with van der Waals surface area (Å²) >= 11 is 1.52. The van der Waals surface area contributed by atoms with Crippen LogP contribution in [0.1, 0.15) is 30.2 Å². The standard InChI is InChI=1S/C19H21NO3S/c1-2-3-5-15-7-9-16(10-8-15)20-18(21)14-23-19(22)12-11-17-6-4-13-24-17/h4,6-13H,2-3,5,14H2,1H3,(H,20,21)/b12-11+. The van der Waals surface area contributed by atoms with Crippen LogP contribution in [0.15, 0.2) is 47.9 Å². The van der Waals surface area contributed by atoms with Crippen LogP contribution in [0.3, 0.4) is 0 Å². The molecule has 0 unspecified atom stereocenters. The molecule has 1 N–H and O–H groups in total. The van der Waals surface area contributed by atoms with Gasteiger partial charge in [0.2, 0.25) is 0 Å². The predicted octanol–water partition coefficient (Wildman–Crippen LogP) is 4.29. The Hall–Kier alpha value is -2.40. The van der Waals surface area contributed by atoms with Gasteiger partial charge in [0.25, 0.3) is 5.91 Å². The number of amides is 1. The lowest BCUT2D eigenvalue weighted by Crippen LogP contribution is -2.20. The van der Waals surface area contributed by atoms with Crippen LogP contribution in [0.25, 0.3) is 6.08 Å². The van der Waals surface area contributed by atoms with Gasteiger partial charge in [-0.2, -0.15) is 0 Å². The Labute approximate surface area is 146 Å². The van der Waals surface area contributed by atoms with Crippen LogP contribution >= 0.6 is 11.3 Å².